The van der Waals surface area contributed by atoms with Gasteiger partial charge in [-0.05, 0) is 6.42 Å². The summed E-state index contributed by atoms with van der Waals surface area (Å²) in [6.45, 7) is 11.5. The van der Waals surface area contributed by atoms with Gasteiger partial charge < -0.3 is 0 Å². The van der Waals surface area contributed by atoms with Gasteiger partial charge in [-0.25, -0.2) is 0 Å². The second-order valence-corrected chi connectivity index (χ2v) is 5.52. The topological polar surface area (TPSA) is 34.1 Å². The number of carbonyl (C=O) groups is 2. The Bertz CT molecular complexity index is 237. The smallest absolute Gasteiger partial charge is 0.141 e. The zero-order chi connectivity index (χ0) is 12.2. The van der Waals surface area contributed by atoms with E-state index in [0.29, 0.717) is 12.8 Å². The first-order chi connectivity index (χ1) is 6.68. The zero-order valence-electron chi connectivity index (χ0n) is 10.9. The molecule has 0 rings (SSSR count). The Balaban J connectivity index is 4.27. The van der Waals surface area contributed by atoms with Crippen LogP contribution in [0.3, 0.4) is 0 Å². The van der Waals surface area contributed by atoms with Gasteiger partial charge in [-0.2, -0.15) is 0 Å². The summed E-state index contributed by atoms with van der Waals surface area (Å²) in [5, 5.41) is 0. The highest BCUT2D eigenvalue weighted by atomic mass is 16.1. The summed E-state index contributed by atoms with van der Waals surface area (Å²) in [6, 6.07) is 0. The molecular weight excluding hydrogens is 188 g/mol. The SMILES string of the molecule is CC(C)C(=O)CCC(C)(C)C(=O)C(C)C. The molecule has 0 aromatic rings. The lowest BCUT2D eigenvalue weighted by Crippen LogP contribution is -2.29. The third kappa shape index (κ3) is 4.59. The number of Topliss-reactive ketones (excluding diaryl/α,β-unsaturated/α-hetero) is 2. The number of ketones is 2. The van der Waals surface area contributed by atoms with E-state index in [9.17, 15) is 9.59 Å². The molecular formula is C13H24O2. The normalized spacial score (nSPS) is 12.3. The molecule has 0 unspecified atom stereocenters. The van der Waals surface area contributed by atoms with Crippen LogP contribution in [0.1, 0.15) is 54.4 Å². The van der Waals surface area contributed by atoms with Crippen LogP contribution >= 0.6 is 0 Å². The fourth-order valence-electron chi connectivity index (χ4n) is 1.63. The van der Waals surface area contributed by atoms with Gasteiger partial charge in [0.15, 0.2) is 0 Å². The van der Waals surface area contributed by atoms with E-state index in [4.69, 9.17) is 0 Å². The van der Waals surface area contributed by atoms with Crippen LogP contribution in [-0.2, 0) is 9.59 Å². The van der Waals surface area contributed by atoms with Crippen LogP contribution in [0.2, 0.25) is 0 Å². The predicted octanol–water partition coefficient (Wildman–Crippen LogP) is 3.24. The Hall–Kier alpha value is -0.660. The third-order valence-electron chi connectivity index (χ3n) is 2.83. The zero-order valence-corrected chi connectivity index (χ0v) is 10.9. The van der Waals surface area contributed by atoms with Gasteiger partial charge in [0.25, 0.3) is 0 Å². The minimum absolute atomic E-state index is 0.0501. The number of rotatable bonds is 6. The minimum Gasteiger partial charge on any atom is -0.299 e. The molecule has 0 spiro atoms. The Morgan fingerprint density at radius 1 is 1.00 bits per heavy atom. The van der Waals surface area contributed by atoms with Gasteiger partial charge in [0.2, 0.25) is 0 Å². The average Bonchev–Trinajstić information content (AvgIpc) is 2.12. The van der Waals surface area contributed by atoms with Crippen LogP contribution in [-0.4, -0.2) is 11.6 Å². The molecule has 2 heteroatoms. The molecule has 0 N–H and O–H groups in total. The van der Waals surface area contributed by atoms with Crippen molar-refractivity contribution < 1.29 is 9.59 Å². The van der Waals surface area contributed by atoms with Crippen LogP contribution in [0.4, 0.5) is 0 Å². The molecule has 0 aliphatic rings. The molecule has 0 fully saturated rings. The highest BCUT2D eigenvalue weighted by Crippen LogP contribution is 2.27. The molecule has 88 valence electrons. The summed E-state index contributed by atoms with van der Waals surface area (Å²) < 4.78 is 0. The fourth-order valence-corrected chi connectivity index (χ4v) is 1.63. The van der Waals surface area contributed by atoms with Crippen molar-refractivity contribution in [2.45, 2.75) is 54.4 Å². The summed E-state index contributed by atoms with van der Waals surface area (Å²) in [5.41, 5.74) is -0.362. The monoisotopic (exact) mass is 212 g/mol. The van der Waals surface area contributed by atoms with Crippen LogP contribution in [0.5, 0.6) is 0 Å². The average molecular weight is 212 g/mol. The van der Waals surface area contributed by atoms with E-state index in [1.807, 2.05) is 41.5 Å². The van der Waals surface area contributed by atoms with Crippen molar-refractivity contribution in [1.29, 1.82) is 0 Å². The molecule has 0 amide bonds. The Morgan fingerprint density at radius 3 is 1.80 bits per heavy atom. The highest BCUT2D eigenvalue weighted by molar-refractivity contribution is 5.87. The van der Waals surface area contributed by atoms with Crippen LogP contribution in [0, 0.1) is 17.3 Å². The van der Waals surface area contributed by atoms with Crippen molar-refractivity contribution in [1.82, 2.24) is 0 Å². The molecule has 0 saturated carbocycles. The molecule has 0 heterocycles. The van der Waals surface area contributed by atoms with Crippen molar-refractivity contribution in [3.63, 3.8) is 0 Å². The standard InChI is InChI=1S/C13H24O2/c1-9(2)11(14)7-8-13(5,6)12(15)10(3)4/h9-10H,7-8H2,1-6H3. The number of carbonyl (C=O) groups excluding carboxylic acids is 2. The summed E-state index contributed by atoms with van der Waals surface area (Å²) in [4.78, 5) is 23.3. The third-order valence-corrected chi connectivity index (χ3v) is 2.83. The van der Waals surface area contributed by atoms with E-state index in [1.54, 1.807) is 0 Å². The first-order valence-corrected chi connectivity index (χ1v) is 5.75. The Kier molecular flexibility index (Phi) is 5.19. The lowest BCUT2D eigenvalue weighted by atomic mass is 9.78. The van der Waals surface area contributed by atoms with Crippen molar-refractivity contribution >= 4 is 11.6 Å². The maximum absolute atomic E-state index is 11.8. The second kappa shape index (κ2) is 5.43. The first-order valence-electron chi connectivity index (χ1n) is 5.75. The quantitative estimate of drug-likeness (QED) is 0.677. The first kappa shape index (κ1) is 14.3. The number of hydrogen-bond acceptors (Lipinski definition) is 2. The maximum atomic E-state index is 11.8. The molecule has 0 saturated heterocycles. The molecule has 0 aromatic heterocycles. The molecule has 0 radical (unpaired) electrons. The van der Waals surface area contributed by atoms with E-state index in [0.717, 1.165) is 0 Å². The van der Waals surface area contributed by atoms with Gasteiger partial charge in [0, 0.05) is 23.7 Å². The van der Waals surface area contributed by atoms with Gasteiger partial charge in [0.05, 0.1) is 0 Å². The van der Waals surface area contributed by atoms with E-state index in [2.05, 4.69) is 0 Å². The predicted molar refractivity (Wildman–Crippen MR) is 62.7 cm³/mol. The lowest BCUT2D eigenvalue weighted by molar-refractivity contribution is -0.131. The largest absolute Gasteiger partial charge is 0.299 e. The molecule has 0 aromatic carbocycles. The van der Waals surface area contributed by atoms with Crippen molar-refractivity contribution in [2.24, 2.45) is 17.3 Å². The van der Waals surface area contributed by atoms with Crippen molar-refractivity contribution in [2.75, 3.05) is 0 Å². The van der Waals surface area contributed by atoms with Gasteiger partial charge in [-0.15, -0.1) is 0 Å². The van der Waals surface area contributed by atoms with E-state index in [1.165, 1.54) is 0 Å². The number of hydrogen-bond donors (Lipinski definition) is 0. The van der Waals surface area contributed by atoms with Gasteiger partial charge in [-0.3, -0.25) is 9.59 Å². The summed E-state index contributed by atoms with van der Waals surface area (Å²) >= 11 is 0. The van der Waals surface area contributed by atoms with Gasteiger partial charge in [0.1, 0.15) is 11.6 Å². The Labute approximate surface area is 93.4 Å². The van der Waals surface area contributed by atoms with Gasteiger partial charge >= 0.3 is 0 Å². The fraction of sp³-hybridized carbons (Fsp3) is 0.846. The van der Waals surface area contributed by atoms with E-state index in [-0.39, 0.29) is 28.8 Å². The van der Waals surface area contributed by atoms with Crippen molar-refractivity contribution in [3.8, 4) is 0 Å². The second-order valence-electron chi connectivity index (χ2n) is 5.52. The maximum Gasteiger partial charge on any atom is 0.141 e. The van der Waals surface area contributed by atoms with E-state index < -0.39 is 0 Å². The summed E-state index contributed by atoms with van der Waals surface area (Å²) in [7, 11) is 0. The van der Waals surface area contributed by atoms with Crippen LogP contribution < -0.4 is 0 Å². The molecule has 2 nitrogen and oxygen atoms in total. The highest BCUT2D eigenvalue weighted by Gasteiger charge is 2.29. The summed E-state index contributed by atoms with van der Waals surface area (Å²) in [5.74, 6) is 0.628. The van der Waals surface area contributed by atoms with Crippen LogP contribution in [0.25, 0.3) is 0 Å². The van der Waals surface area contributed by atoms with Crippen molar-refractivity contribution in [3.05, 3.63) is 0 Å². The van der Waals surface area contributed by atoms with Crippen LogP contribution in [0.15, 0.2) is 0 Å². The molecule has 0 aliphatic heterocycles. The lowest BCUT2D eigenvalue weighted by Gasteiger charge is -2.25. The van der Waals surface area contributed by atoms with E-state index >= 15 is 0 Å². The molecule has 0 atom stereocenters. The molecule has 0 bridgehead atoms. The summed E-state index contributed by atoms with van der Waals surface area (Å²) in [6.07, 6.45) is 1.18. The molecule has 15 heavy (non-hydrogen) atoms. The molecule has 0 aliphatic carbocycles. The Morgan fingerprint density at radius 2 is 1.47 bits per heavy atom. The van der Waals surface area contributed by atoms with Gasteiger partial charge in [-0.1, -0.05) is 41.5 Å². The minimum atomic E-state index is -0.362.